The second-order valence-corrected chi connectivity index (χ2v) is 4.13. The first kappa shape index (κ1) is 13.6. The Kier molecular flexibility index (Phi) is 5.56. The number of hydrogen-bond acceptors (Lipinski definition) is 3. The summed E-state index contributed by atoms with van der Waals surface area (Å²) in [6.45, 7) is 4.93. The third-order valence-corrected chi connectivity index (χ3v) is 2.14. The van der Waals surface area contributed by atoms with E-state index in [0.29, 0.717) is 18.2 Å². The molecule has 0 aliphatic heterocycles. The summed E-state index contributed by atoms with van der Waals surface area (Å²) in [7, 11) is 0. The second-order valence-electron chi connectivity index (χ2n) is 4.13. The quantitative estimate of drug-likeness (QED) is 0.589. The monoisotopic (exact) mass is 239 g/mol. The minimum atomic E-state index is -0.552. The van der Waals surface area contributed by atoms with E-state index < -0.39 is 5.95 Å². The summed E-state index contributed by atoms with van der Waals surface area (Å²) >= 11 is 0. The van der Waals surface area contributed by atoms with Crippen molar-refractivity contribution >= 4 is 11.6 Å². The lowest BCUT2D eigenvalue weighted by molar-refractivity contribution is -0.116. The van der Waals surface area contributed by atoms with Crippen LogP contribution in [0.15, 0.2) is 18.3 Å². The van der Waals surface area contributed by atoms with Crippen LogP contribution in [0, 0.1) is 5.95 Å². The molecule has 1 rings (SSSR count). The number of halogens is 1. The molecule has 17 heavy (non-hydrogen) atoms. The average Bonchev–Trinajstić information content (AvgIpc) is 2.27. The van der Waals surface area contributed by atoms with Gasteiger partial charge in [0.05, 0.1) is 11.9 Å². The molecular weight excluding hydrogens is 221 g/mol. The Morgan fingerprint density at radius 2 is 2.24 bits per heavy atom. The molecule has 1 aromatic heterocycles. The summed E-state index contributed by atoms with van der Waals surface area (Å²) in [4.78, 5) is 14.9. The Bertz CT molecular complexity index is 351. The fourth-order valence-electron chi connectivity index (χ4n) is 1.31. The summed E-state index contributed by atoms with van der Waals surface area (Å²) in [6, 6.07) is 3.14. The van der Waals surface area contributed by atoms with Crippen molar-refractivity contribution < 1.29 is 9.18 Å². The smallest absolute Gasteiger partial charge is 0.224 e. The van der Waals surface area contributed by atoms with Gasteiger partial charge in [0.15, 0.2) is 0 Å². The molecule has 4 nitrogen and oxygen atoms in total. The molecule has 0 aliphatic carbocycles. The summed E-state index contributed by atoms with van der Waals surface area (Å²) in [5, 5.41) is 5.89. The number of nitrogens with zero attached hydrogens (tertiary/aromatic N) is 1. The predicted molar refractivity (Wildman–Crippen MR) is 65.2 cm³/mol. The molecule has 0 unspecified atom stereocenters. The van der Waals surface area contributed by atoms with Crippen LogP contribution in [0.25, 0.3) is 0 Å². The zero-order valence-corrected chi connectivity index (χ0v) is 10.2. The van der Waals surface area contributed by atoms with E-state index in [1.54, 1.807) is 0 Å². The van der Waals surface area contributed by atoms with Gasteiger partial charge in [0.25, 0.3) is 0 Å². The van der Waals surface area contributed by atoms with Crippen LogP contribution in [0.3, 0.4) is 0 Å². The van der Waals surface area contributed by atoms with E-state index in [9.17, 15) is 9.18 Å². The first-order chi connectivity index (χ1) is 8.08. The van der Waals surface area contributed by atoms with Crippen LogP contribution in [0.4, 0.5) is 10.1 Å². The molecule has 0 radical (unpaired) electrons. The summed E-state index contributed by atoms with van der Waals surface area (Å²) in [6.07, 6.45) is 2.52. The number of aromatic nitrogens is 1. The molecule has 0 spiro atoms. The van der Waals surface area contributed by atoms with Gasteiger partial charge in [0.2, 0.25) is 11.9 Å². The summed E-state index contributed by atoms with van der Waals surface area (Å²) in [5.74, 6) is -0.631. The lowest BCUT2D eigenvalue weighted by atomic mass is 10.2. The lowest BCUT2D eigenvalue weighted by Crippen LogP contribution is -2.24. The van der Waals surface area contributed by atoms with E-state index in [-0.39, 0.29) is 5.91 Å². The van der Waals surface area contributed by atoms with Gasteiger partial charge in [0.1, 0.15) is 0 Å². The van der Waals surface area contributed by atoms with Crippen molar-refractivity contribution in [2.45, 2.75) is 32.7 Å². The number of hydrogen-bond donors (Lipinski definition) is 2. The minimum Gasteiger partial charge on any atom is -0.325 e. The molecule has 0 saturated heterocycles. The topological polar surface area (TPSA) is 54.0 Å². The molecule has 0 fully saturated rings. The van der Waals surface area contributed by atoms with Gasteiger partial charge >= 0.3 is 0 Å². The maximum Gasteiger partial charge on any atom is 0.224 e. The number of carbonyl (C=O) groups excluding carboxylic acids is 1. The molecule has 2 N–H and O–H groups in total. The Morgan fingerprint density at radius 3 is 2.82 bits per heavy atom. The van der Waals surface area contributed by atoms with Gasteiger partial charge in [-0.1, -0.05) is 13.8 Å². The standard InChI is InChI=1S/C12H18FN3O/c1-9(2)14-7-3-4-12(17)16-10-5-6-11(13)15-8-10/h5-6,8-9,14H,3-4,7H2,1-2H3,(H,16,17). The van der Waals surface area contributed by atoms with Crippen molar-refractivity contribution in [1.29, 1.82) is 0 Å². The molecule has 0 atom stereocenters. The van der Waals surface area contributed by atoms with Gasteiger partial charge < -0.3 is 10.6 Å². The van der Waals surface area contributed by atoms with Crippen LogP contribution in [0.1, 0.15) is 26.7 Å². The highest BCUT2D eigenvalue weighted by atomic mass is 19.1. The van der Waals surface area contributed by atoms with Gasteiger partial charge in [-0.25, -0.2) is 4.98 Å². The highest BCUT2D eigenvalue weighted by Gasteiger charge is 2.02. The Labute approximate surface area is 101 Å². The largest absolute Gasteiger partial charge is 0.325 e. The molecule has 0 saturated carbocycles. The third kappa shape index (κ3) is 5.97. The molecule has 0 aliphatic rings. The van der Waals surface area contributed by atoms with Crippen LogP contribution in [-0.4, -0.2) is 23.5 Å². The number of carbonyl (C=O) groups is 1. The summed E-state index contributed by atoms with van der Waals surface area (Å²) < 4.78 is 12.5. The second kappa shape index (κ2) is 6.96. The van der Waals surface area contributed by atoms with Gasteiger partial charge in [0, 0.05) is 12.5 Å². The van der Waals surface area contributed by atoms with Crippen LogP contribution in [0.5, 0.6) is 0 Å². The SMILES string of the molecule is CC(C)NCCCC(=O)Nc1ccc(F)nc1. The van der Waals surface area contributed by atoms with Crippen LogP contribution in [0.2, 0.25) is 0 Å². The lowest BCUT2D eigenvalue weighted by Gasteiger charge is -2.08. The van der Waals surface area contributed by atoms with Crippen LogP contribution >= 0.6 is 0 Å². The molecule has 1 aromatic rings. The number of pyridine rings is 1. The van der Waals surface area contributed by atoms with E-state index in [1.807, 2.05) is 0 Å². The number of anilines is 1. The Morgan fingerprint density at radius 1 is 1.47 bits per heavy atom. The zero-order valence-electron chi connectivity index (χ0n) is 10.2. The number of nitrogens with one attached hydrogen (secondary N) is 2. The molecule has 1 heterocycles. The first-order valence-electron chi connectivity index (χ1n) is 5.72. The van der Waals surface area contributed by atoms with Crippen molar-refractivity contribution in [3.8, 4) is 0 Å². The number of rotatable bonds is 6. The van der Waals surface area contributed by atoms with E-state index in [4.69, 9.17) is 0 Å². The van der Waals surface area contributed by atoms with E-state index in [0.717, 1.165) is 13.0 Å². The average molecular weight is 239 g/mol. The van der Waals surface area contributed by atoms with Crippen molar-refractivity contribution in [2.75, 3.05) is 11.9 Å². The minimum absolute atomic E-state index is 0.0797. The van der Waals surface area contributed by atoms with E-state index in [1.165, 1.54) is 18.3 Å². The van der Waals surface area contributed by atoms with Crippen LogP contribution < -0.4 is 10.6 Å². The predicted octanol–water partition coefficient (Wildman–Crippen LogP) is 1.94. The fourth-order valence-corrected chi connectivity index (χ4v) is 1.31. The van der Waals surface area contributed by atoms with Crippen molar-refractivity contribution in [3.63, 3.8) is 0 Å². The number of amides is 1. The highest BCUT2D eigenvalue weighted by molar-refractivity contribution is 5.90. The fraction of sp³-hybridized carbons (Fsp3) is 0.500. The normalized spacial score (nSPS) is 10.6. The van der Waals surface area contributed by atoms with Gasteiger partial charge in [-0.05, 0) is 25.1 Å². The molecule has 0 bridgehead atoms. The molecule has 94 valence electrons. The van der Waals surface area contributed by atoms with Crippen LogP contribution in [-0.2, 0) is 4.79 Å². The van der Waals surface area contributed by atoms with E-state index >= 15 is 0 Å². The third-order valence-electron chi connectivity index (χ3n) is 2.14. The Balaban J connectivity index is 2.23. The first-order valence-corrected chi connectivity index (χ1v) is 5.72. The van der Waals surface area contributed by atoms with Crippen molar-refractivity contribution in [1.82, 2.24) is 10.3 Å². The van der Waals surface area contributed by atoms with Gasteiger partial charge in [-0.3, -0.25) is 4.79 Å². The van der Waals surface area contributed by atoms with Crippen molar-refractivity contribution in [3.05, 3.63) is 24.3 Å². The zero-order chi connectivity index (χ0) is 12.7. The highest BCUT2D eigenvalue weighted by Crippen LogP contribution is 2.06. The van der Waals surface area contributed by atoms with Gasteiger partial charge in [-0.2, -0.15) is 4.39 Å². The maximum atomic E-state index is 12.5. The Hall–Kier alpha value is -1.49. The molecular formula is C12H18FN3O. The van der Waals surface area contributed by atoms with Crippen molar-refractivity contribution in [2.24, 2.45) is 0 Å². The van der Waals surface area contributed by atoms with E-state index in [2.05, 4.69) is 29.5 Å². The van der Waals surface area contributed by atoms with Gasteiger partial charge in [-0.15, -0.1) is 0 Å². The molecule has 1 amide bonds. The maximum absolute atomic E-state index is 12.5. The molecule has 5 heteroatoms. The molecule has 0 aromatic carbocycles. The summed E-state index contributed by atoms with van der Waals surface area (Å²) in [5.41, 5.74) is 0.521.